The van der Waals surface area contributed by atoms with Crippen molar-refractivity contribution in [3.05, 3.63) is 10.1 Å². The summed E-state index contributed by atoms with van der Waals surface area (Å²) in [5.41, 5.74) is 7.09. The van der Waals surface area contributed by atoms with Gasteiger partial charge in [0.1, 0.15) is 5.78 Å². The van der Waals surface area contributed by atoms with Gasteiger partial charge in [0.25, 0.3) is 5.96 Å². The van der Waals surface area contributed by atoms with Crippen LogP contribution in [0.3, 0.4) is 0 Å². The van der Waals surface area contributed by atoms with Crippen LogP contribution in [0.5, 0.6) is 0 Å². The molecule has 0 aliphatic heterocycles. The molecule has 0 spiro atoms. The first-order chi connectivity index (χ1) is 15.9. The molecule has 34 heavy (non-hydrogen) atoms. The normalized spacial score (nSPS) is 13.2. The van der Waals surface area contributed by atoms with Gasteiger partial charge in [-0.3, -0.25) is 14.4 Å². The number of carbonyl (C=O) groups is 3. The Balaban J connectivity index is 4.90. The van der Waals surface area contributed by atoms with Gasteiger partial charge in [-0.2, -0.15) is 0 Å². The molecule has 0 saturated carbocycles. The van der Waals surface area contributed by atoms with E-state index >= 15 is 0 Å². The number of Topliss-reactive ketones (excluding diaryl/α,β-unsaturated/α-hetero) is 1. The summed E-state index contributed by atoms with van der Waals surface area (Å²) in [5, 5.41) is 34.0. The van der Waals surface area contributed by atoms with Crippen molar-refractivity contribution in [2.24, 2.45) is 22.6 Å². The van der Waals surface area contributed by atoms with E-state index in [1.807, 2.05) is 13.8 Å². The zero-order chi connectivity index (χ0) is 26.1. The lowest BCUT2D eigenvalue weighted by Gasteiger charge is -2.23. The van der Waals surface area contributed by atoms with Crippen LogP contribution in [-0.4, -0.2) is 64.8 Å². The number of rotatable bonds is 18. The first-order valence-electron chi connectivity index (χ1n) is 11.6. The second kappa shape index (κ2) is 17.7. The number of nitrogens with zero attached hydrogens (tertiary/aromatic N) is 2. The molecule has 0 aliphatic carbocycles. The third kappa shape index (κ3) is 16.8. The zero-order valence-electron chi connectivity index (χ0n) is 20.3. The number of hydrogen-bond donors (Lipinski definition) is 6. The predicted octanol–water partition coefficient (Wildman–Crippen LogP) is -0.323. The SMILES string of the molecule is CC(=O)NCCCCCC(=O)C[C@@H](CCCN=C(N)N[N+](=O)[O-])C(=O)N[C@@H](CC(C)C)B(O)O. The summed E-state index contributed by atoms with van der Waals surface area (Å²) in [6, 6.07) is 0. The van der Waals surface area contributed by atoms with Gasteiger partial charge in [0, 0.05) is 38.8 Å². The van der Waals surface area contributed by atoms with Crippen molar-refractivity contribution in [1.82, 2.24) is 16.1 Å². The molecular formula is C20H39BN6O7. The smallest absolute Gasteiger partial charge is 0.426 e. The lowest BCUT2D eigenvalue weighted by molar-refractivity contribution is -0.525. The Labute approximate surface area is 200 Å². The number of amides is 2. The van der Waals surface area contributed by atoms with Gasteiger partial charge in [0.2, 0.25) is 11.8 Å². The van der Waals surface area contributed by atoms with Gasteiger partial charge in [0.05, 0.1) is 5.94 Å². The molecule has 0 aliphatic rings. The van der Waals surface area contributed by atoms with E-state index in [2.05, 4.69) is 15.6 Å². The third-order valence-corrected chi connectivity index (χ3v) is 4.96. The highest BCUT2D eigenvalue weighted by Gasteiger charge is 2.29. The molecular weight excluding hydrogens is 447 g/mol. The number of nitro groups is 1. The summed E-state index contributed by atoms with van der Waals surface area (Å²) in [5.74, 6) is -2.48. The number of nitrogens with two attached hydrogens (primary N) is 1. The van der Waals surface area contributed by atoms with E-state index < -0.39 is 29.9 Å². The number of ketones is 1. The Morgan fingerprint density at radius 1 is 1.15 bits per heavy atom. The van der Waals surface area contributed by atoms with Crippen molar-refractivity contribution in [3.63, 3.8) is 0 Å². The number of guanidine groups is 1. The minimum atomic E-state index is -1.73. The second-order valence-corrected chi connectivity index (χ2v) is 8.67. The molecule has 0 radical (unpaired) electrons. The Morgan fingerprint density at radius 2 is 1.82 bits per heavy atom. The van der Waals surface area contributed by atoms with Crippen LogP contribution in [0.4, 0.5) is 0 Å². The molecule has 14 heteroatoms. The van der Waals surface area contributed by atoms with E-state index in [0.29, 0.717) is 32.2 Å². The lowest BCUT2D eigenvalue weighted by Crippen LogP contribution is -2.49. The molecule has 194 valence electrons. The maximum absolute atomic E-state index is 12.8. The van der Waals surface area contributed by atoms with Crippen molar-refractivity contribution in [1.29, 1.82) is 0 Å². The number of hydrogen-bond acceptors (Lipinski definition) is 8. The second-order valence-electron chi connectivity index (χ2n) is 8.67. The molecule has 2 atom stereocenters. The van der Waals surface area contributed by atoms with Gasteiger partial charge in [0.15, 0.2) is 5.03 Å². The van der Waals surface area contributed by atoms with E-state index in [0.717, 1.165) is 12.8 Å². The monoisotopic (exact) mass is 486 g/mol. The van der Waals surface area contributed by atoms with Crippen molar-refractivity contribution in [2.45, 2.75) is 78.1 Å². The Morgan fingerprint density at radius 3 is 2.38 bits per heavy atom. The topological polar surface area (TPSA) is 209 Å². The Hall–Kier alpha value is -2.74. The van der Waals surface area contributed by atoms with Crippen LogP contribution < -0.4 is 21.8 Å². The molecule has 0 aromatic rings. The van der Waals surface area contributed by atoms with Gasteiger partial charge < -0.3 is 26.4 Å². The maximum atomic E-state index is 12.8. The zero-order valence-corrected chi connectivity index (χ0v) is 20.3. The fraction of sp³-hybridized carbons (Fsp3) is 0.800. The minimum absolute atomic E-state index is 0.0141. The van der Waals surface area contributed by atoms with E-state index in [4.69, 9.17) is 5.73 Å². The number of carbonyl (C=O) groups excluding carboxylic acids is 3. The number of hydrazine groups is 1. The van der Waals surface area contributed by atoms with Crippen LogP contribution in [0.15, 0.2) is 4.99 Å². The van der Waals surface area contributed by atoms with Crippen molar-refractivity contribution >= 4 is 30.7 Å². The van der Waals surface area contributed by atoms with Crippen LogP contribution >= 0.6 is 0 Å². The summed E-state index contributed by atoms with van der Waals surface area (Å²) in [7, 11) is -1.73. The summed E-state index contributed by atoms with van der Waals surface area (Å²) < 4.78 is 0. The summed E-state index contributed by atoms with van der Waals surface area (Å²) >= 11 is 0. The van der Waals surface area contributed by atoms with Gasteiger partial charge in [-0.1, -0.05) is 25.7 Å². The standard InChI is InChI=1S/C20H39BN6O7/c1-14(2)12-18(21(31)32)25-19(30)16(8-7-11-24-20(22)26-27(33)34)13-17(29)9-5-4-6-10-23-15(3)28/h14,16,18,31-32H,4-13H2,1-3H3,(H,23,28)(H,25,30)(H3,22,24,26)/t16-,18+/m1/s1. The first-order valence-corrected chi connectivity index (χ1v) is 11.6. The Kier molecular flexibility index (Phi) is 16.3. The fourth-order valence-electron chi connectivity index (χ4n) is 3.32. The Bertz CT molecular complexity index is 690. The fourth-order valence-corrected chi connectivity index (χ4v) is 3.32. The van der Waals surface area contributed by atoms with E-state index in [1.165, 1.54) is 6.92 Å². The minimum Gasteiger partial charge on any atom is -0.426 e. The number of nitrogens with one attached hydrogen (secondary N) is 3. The van der Waals surface area contributed by atoms with Crippen LogP contribution in [0.1, 0.15) is 72.1 Å². The van der Waals surface area contributed by atoms with E-state index in [1.54, 1.807) is 5.43 Å². The largest absolute Gasteiger partial charge is 0.475 e. The highest BCUT2D eigenvalue weighted by molar-refractivity contribution is 6.43. The number of aliphatic imine (C=N–C) groups is 1. The van der Waals surface area contributed by atoms with Crippen molar-refractivity contribution in [2.75, 3.05) is 13.1 Å². The van der Waals surface area contributed by atoms with Gasteiger partial charge in [-0.05, 0) is 38.0 Å². The average molecular weight is 486 g/mol. The van der Waals surface area contributed by atoms with Gasteiger partial charge in [-0.15, -0.1) is 0 Å². The highest BCUT2D eigenvalue weighted by Crippen LogP contribution is 2.17. The van der Waals surface area contributed by atoms with E-state index in [-0.39, 0.29) is 43.0 Å². The number of unbranched alkanes of at least 4 members (excludes halogenated alkanes) is 2. The molecule has 0 unspecified atom stereocenters. The summed E-state index contributed by atoms with van der Waals surface area (Å²) in [4.78, 5) is 50.3. The van der Waals surface area contributed by atoms with Crippen LogP contribution in [0.25, 0.3) is 0 Å². The van der Waals surface area contributed by atoms with E-state index in [9.17, 15) is 34.5 Å². The molecule has 0 rings (SSSR count). The molecule has 0 heterocycles. The van der Waals surface area contributed by atoms with Crippen LogP contribution in [0.2, 0.25) is 0 Å². The maximum Gasteiger partial charge on any atom is 0.475 e. The van der Waals surface area contributed by atoms with Gasteiger partial charge >= 0.3 is 7.12 Å². The first kappa shape index (κ1) is 31.3. The third-order valence-electron chi connectivity index (χ3n) is 4.96. The molecule has 0 aromatic heterocycles. The molecule has 0 bridgehead atoms. The van der Waals surface area contributed by atoms with Crippen molar-refractivity contribution in [3.8, 4) is 0 Å². The molecule has 13 nitrogen and oxygen atoms in total. The summed E-state index contributed by atoms with van der Waals surface area (Å²) in [6.07, 6.45) is 3.38. The molecule has 0 aromatic carbocycles. The summed E-state index contributed by atoms with van der Waals surface area (Å²) in [6.45, 7) is 5.87. The molecule has 0 fully saturated rings. The average Bonchev–Trinajstić information content (AvgIpc) is 2.71. The van der Waals surface area contributed by atoms with Crippen LogP contribution in [-0.2, 0) is 14.4 Å². The highest BCUT2D eigenvalue weighted by atomic mass is 16.7. The molecule has 0 saturated heterocycles. The molecule has 2 amide bonds. The van der Waals surface area contributed by atoms with Gasteiger partial charge in [-0.25, -0.2) is 15.1 Å². The predicted molar refractivity (Wildman–Crippen MR) is 128 cm³/mol. The lowest BCUT2D eigenvalue weighted by atomic mass is 9.74. The van der Waals surface area contributed by atoms with Crippen molar-refractivity contribution < 1.29 is 29.5 Å². The quantitative estimate of drug-likeness (QED) is 0.0374. The van der Waals surface area contributed by atoms with Crippen LogP contribution in [0, 0.1) is 22.0 Å². The molecule has 7 N–H and O–H groups in total.